The second-order valence-corrected chi connectivity index (χ2v) is 7.18. The molecule has 3 rings (SSSR count). The number of nitrogens with zero attached hydrogens (tertiary/aromatic N) is 2. The summed E-state index contributed by atoms with van der Waals surface area (Å²) in [6.07, 6.45) is 2.33. The summed E-state index contributed by atoms with van der Waals surface area (Å²) in [6.45, 7) is 6.48. The Morgan fingerprint density at radius 3 is 2.40 bits per heavy atom. The third kappa shape index (κ3) is 5.74. The van der Waals surface area contributed by atoms with Crippen LogP contribution in [-0.2, 0) is 13.0 Å². The van der Waals surface area contributed by atoms with Crippen LogP contribution in [0.1, 0.15) is 17.5 Å². The molecular weight excluding hydrogens is 332 g/mol. The van der Waals surface area contributed by atoms with Gasteiger partial charge in [-0.25, -0.2) is 0 Å². The predicted octanol–water partition coefficient (Wildman–Crippen LogP) is 4.10. The highest BCUT2D eigenvalue weighted by Gasteiger charge is 2.12. The van der Waals surface area contributed by atoms with Crippen LogP contribution in [0.5, 0.6) is 5.75 Å². The zero-order valence-corrected chi connectivity index (χ0v) is 15.7. The van der Waals surface area contributed by atoms with E-state index in [-0.39, 0.29) is 0 Å². The van der Waals surface area contributed by atoms with Gasteiger partial charge in [0.25, 0.3) is 0 Å². The Kier molecular flexibility index (Phi) is 6.74. The molecule has 2 aromatic carbocycles. The SMILES string of the molecule is CN1CCN(CCCc2ccc(OCc3ccccc3Cl)cc2)CC1. The second kappa shape index (κ2) is 9.23. The van der Waals surface area contributed by atoms with E-state index in [1.54, 1.807) is 0 Å². The summed E-state index contributed by atoms with van der Waals surface area (Å²) < 4.78 is 5.84. The molecule has 1 heterocycles. The van der Waals surface area contributed by atoms with Crippen molar-refractivity contribution in [1.82, 2.24) is 9.80 Å². The van der Waals surface area contributed by atoms with Gasteiger partial charge in [-0.1, -0.05) is 41.9 Å². The van der Waals surface area contributed by atoms with Crippen LogP contribution in [0, 0.1) is 0 Å². The smallest absolute Gasteiger partial charge is 0.119 e. The van der Waals surface area contributed by atoms with Crippen molar-refractivity contribution in [3.05, 3.63) is 64.7 Å². The number of hydrogen-bond donors (Lipinski definition) is 0. The molecule has 0 amide bonds. The maximum atomic E-state index is 6.16. The monoisotopic (exact) mass is 358 g/mol. The highest BCUT2D eigenvalue weighted by atomic mass is 35.5. The van der Waals surface area contributed by atoms with Crippen LogP contribution in [0.25, 0.3) is 0 Å². The van der Waals surface area contributed by atoms with Crippen LogP contribution in [0.3, 0.4) is 0 Å². The average Bonchev–Trinajstić information content (AvgIpc) is 2.64. The molecule has 0 aromatic heterocycles. The van der Waals surface area contributed by atoms with Crippen molar-refractivity contribution >= 4 is 11.6 Å². The van der Waals surface area contributed by atoms with Crippen LogP contribution >= 0.6 is 11.6 Å². The maximum Gasteiger partial charge on any atom is 0.119 e. The number of aryl methyl sites for hydroxylation is 1. The Labute approximate surface area is 156 Å². The fraction of sp³-hybridized carbons (Fsp3) is 0.429. The van der Waals surface area contributed by atoms with Gasteiger partial charge in [0.05, 0.1) is 0 Å². The third-order valence-electron chi connectivity index (χ3n) is 4.81. The third-order valence-corrected chi connectivity index (χ3v) is 5.18. The number of benzene rings is 2. The molecule has 0 atom stereocenters. The van der Waals surface area contributed by atoms with Crippen molar-refractivity contribution in [3.63, 3.8) is 0 Å². The van der Waals surface area contributed by atoms with Gasteiger partial charge < -0.3 is 14.5 Å². The minimum Gasteiger partial charge on any atom is -0.489 e. The fourth-order valence-electron chi connectivity index (χ4n) is 3.11. The van der Waals surface area contributed by atoms with Gasteiger partial charge in [0, 0.05) is 36.8 Å². The molecule has 0 saturated carbocycles. The van der Waals surface area contributed by atoms with Crippen molar-refractivity contribution in [3.8, 4) is 5.75 Å². The molecule has 2 aromatic rings. The molecule has 1 aliphatic heterocycles. The van der Waals surface area contributed by atoms with E-state index in [1.807, 2.05) is 24.3 Å². The lowest BCUT2D eigenvalue weighted by atomic mass is 10.1. The number of halogens is 1. The summed E-state index contributed by atoms with van der Waals surface area (Å²) in [5.41, 5.74) is 2.39. The Bertz CT molecular complexity index is 651. The first-order valence-corrected chi connectivity index (χ1v) is 9.44. The zero-order chi connectivity index (χ0) is 17.5. The first-order chi connectivity index (χ1) is 12.2. The van der Waals surface area contributed by atoms with E-state index in [9.17, 15) is 0 Å². The molecule has 1 saturated heterocycles. The van der Waals surface area contributed by atoms with Gasteiger partial charge in [0.15, 0.2) is 0 Å². The van der Waals surface area contributed by atoms with Crippen molar-refractivity contribution in [2.45, 2.75) is 19.4 Å². The molecule has 0 spiro atoms. The molecule has 0 radical (unpaired) electrons. The maximum absolute atomic E-state index is 6.16. The summed E-state index contributed by atoms with van der Waals surface area (Å²) in [4.78, 5) is 4.97. The molecule has 0 N–H and O–H groups in total. The van der Waals surface area contributed by atoms with Gasteiger partial charge in [0.2, 0.25) is 0 Å². The molecule has 0 unspecified atom stereocenters. The number of likely N-dealkylation sites (N-methyl/N-ethyl adjacent to an activating group) is 1. The number of piperazine rings is 1. The lowest BCUT2D eigenvalue weighted by Crippen LogP contribution is -2.44. The molecule has 134 valence electrons. The summed E-state index contributed by atoms with van der Waals surface area (Å²) >= 11 is 6.16. The highest BCUT2D eigenvalue weighted by Crippen LogP contribution is 2.19. The van der Waals surface area contributed by atoms with E-state index in [2.05, 4.69) is 41.1 Å². The minimum atomic E-state index is 0.502. The lowest BCUT2D eigenvalue weighted by molar-refractivity contribution is 0.153. The summed E-state index contributed by atoms with van der Waals surface area (Å²) in [5, 5.41) is 0.753. The quantitative estimate of drug-likeness (QED) is 0.741. The zero-order valence-electron chi connectivity index (χ0n) is 15.0. The summed E-state index contributed by atoms with van der Waals surface area (Å²) in [5.74, 6) is 0.891. The van der Waals surface area contributed by atoms with E-state index < -0.39 is 0 Å². The van der Waals surface area contributed by atoms with Gasteiger partial charge >= 0.3 is 0 Å². The largest absolute Gasteiger partial charge is 0.489 e. The minimum absolute atomic E-state index is 0.502. The van der Waals surface area contributed by atoms with Crippen LogP contribution in [0.4, 0.5) is 0 Å². The fourth-order valence-corrected chi connectivity index (χ4v) is 3.30. The van der Waals surface area contributed by atoms with Crippen LogP contribution in [0.2, 0.25) is 5.02 Å². The molecule has 1 aliphatic rings. The molecule has 0 bridgehead atoms. The van der Waals surface area contributed by atoms with Gasteiger partial charge in [-0.05, 0) is 50.2 Å². The summed E-state index contributed by atoms with van der Waals surface area (Å²) in [6, 6.07) is 16.3. The van der Waals surface area contributed by atoms with E-state index in [1.165, 1.54) is 44.7 Å². The topological polar surface area (TPSA) is 15.7 Å². The van der Waals surface area contributed by atoms with Crippen molar-refractivity contribution in [1.29, 1.82) is 0 Å². The highest BCUT2D eigenvalue weighted by molar-refractivity contribution is 6.31. The number of rotatable bonds is 7. The summed E-state index contributed by atoms with van der Waals surface area (Å²) in [7, 11) is 2.20. The lowest BCUT2D eigenvalue weighted by Gasteiger charge is -2.32. The van der Waals surface area contributed by atoms with E-state index >= 15 is 0 Å². The first-order valence-electron chi connectivity index (χ1n) is 9.07. The normalized spacial score (nSPS) is 16.1. The Morgan fingerprint density at radius 2 is 1.68 bits per heavy atom. The van der Waals surface area contributed by atoms with Crippen molar-refractivity contribution < 1.29 is 4.74 Å². The second-order valence-electron chi connectivity index (χ2n) is 6.77. The van der Waals surface area contributed by atoms with Crippen LogP contribution < -0.4 is 4.74 Å². The Balaban J connectivity index is 1.40. The Morgan fingerprint density at radius 1 is 0.960 bits per heavy atom. The van der Waals surface area contributed by atoms with Gasteiger partial charge in [0.1, 0.15) is 12.4 Å². The van der Waals surface area contributed by atoms with Crippen molar-refractivity contribution in [2.75, 3.05) is 39.8 Å². The van der Waals surface area contributed by atoms with Gasteiger partial charge in [-0.2, -0.15) is 0 Å². The Hall–Kier alpha value is -1.55. The van der Waals surface area contributed by atoms with E-state index in [0.717, 1.165) is 22.8 Å². The molecule has 0 aliphatic carbocycles. The standard InChI is InChI=1S/C21H27ClN2O/c1-23-13-15-24(16-14-23)12-4-5-18-8-10-20(11-9-18)25-17-19-6-2-3-7-21(19)22/h2-3,6-11H,4-5,12-17H2,1H3. The predicted molar refractivity (Wildman–Crippen MR) is 104 cm³/mol. The molecule has 3 nitrogen and oxygen atoms in total. The molecule has 4 heteroatoms. The van der Waals surface area contributed by atoms with Crippen LogP contribution in [-0.4, -0.2) is 49.6 Å². The number of hydrogen-bond acceptors (Lipinski definition) is 3. The molecule has 1 fully saturated rings. The number of ether oxygens (including phenoxy) is 1. The average molecular weight is 359 g/mol. The first kappa shape index (κ1) is 18.2. The van der Waals surface area contributed by atoms with E-state index in [0.29, 0.717) is 6.61 Å². The molecule has 25 heavy (non-hydrogen) atoms. The molecular formula is C21H27ClN2O. The van der Waals surface area contributed by atoms with Gasteiger partial charge in [-0.3, -0.25) is 0 Å². The van der Waals surface area contributed by atoms with Crippen LogP contribution in [0.15, 0.2) is 48.5 Å². The van der Waals surface area contributed by atoms with E-state index in [4.69, 9.17) is 16.3 Å². The van der Waals surface area contributed by atoms with Crippen molar-refractivity contribution in [2.24, 2.45) is 0 Å². The van der Waals surface area contributed by atoms with Gasteiger partial charge in [-0.15, -0.1) is 0 Å².